The fourth-order valence-electron chi connectivity index (χ4n) is 1.52. The molecule has 3 nitrogen and oxygen atoms in total. The molecule has 0 fully saturated rings. The van der Waals surface area contributed by atoms with Crippen molar-refractivity contribution < 1.29 is 0 Å². The van der Waals surface area contributed by atoms with Crippen LogP contribution in [0, 0.1) is 0 Å². The number of H-pyrrole nitrogens is 1. The van der Waals surface area contributed by atoms with Crippen LogP contribution in [0.2, 0.25) is 5.02 Å². The fourth-order valence-corrected chi connectivity index (χ4v) is 1.70. The van der Waals surface area contributed by atoms with E-state index in [0.29, 0.717) is 0 Å². The first kappa shape index (κ1) is 10.5. The summed E-state index contributed by atoms with van der Waals surface area (Å²) in [7, 11) is 0. The third kappa shape index (κ3) is 2.30. The number of halogens is 1. The molecule has 2 aromatic rings. The van der Waals surface area contributed by atoms with Gasteiger partial charge in [-0.3, -0.25) is 0 Å². The van der Waals surface area contributed by atoms with E-state index in [1.807, 2.05) is 18.2 Å². The monoisotopic (exact) mass is 223 g/mol. The summed E-state index contributed by atoms with van der Waals surface area (Å²) in [6.07, 6.45) is 1.74. The van der Waals surface area contributed by atoms with Gasteiger partial charge in [0, 0.05) is 17.5 Å². The smallest absolute Gasteiger partial charge is 0.108 e. The van der Waals surface area contributed by atoms with Crippen LogP contribution in [0.1, 0.15) is 19.2 Å². The van der Waals surface area contributed by atoms with Gasteiger partial charge in [0.2, 0.25) is 0 Å². The Labute approximate surface area is 93.6 Å². The minimum atomic E-state index is 0.168. The van der Waals surface area contributed by atoms with Gasteiger partial charge in [0.05, 0.1) is 11.0 Å². The van der Waals surface area contributed by atoms with Crippen LogP contribution in [0.3, 0.4) is 0 Å². The average molecular weight is 224 g/mol. The van der Waals surface area contributed by atoms with Crippen LogP contribution in [-0.4, -0.2) is 16.0 Å². The number of rotatable bonds is 3. The van der Waals surface area contributed by atoms with Gasteiger partial charge in [0.25, 0.3) is 0 Å². The fraction of sp³-hybridized carbons (Fsp3) is 0.364. The zero-order valence-corrected chi connectivity index (χ0v) is 9.38. The highest BCUT2D eigenvalue weighted by atomic mass is 35.5. The highest BCUT2D eigenvalue weighted by Crippen LogP contribution is 2.17. The molecule has 4 heteroatoms. The van der Waals surface area contributed by atoms with Crippen LogP contribution in [0.15, 0.2) is 18.2 Å². The van der Waals surface area contributed by atoms with E-state index in [4.69, 9.17) is 17.3 Å². The number of hydrogen-bond donors (Lipinski definition) is 2. The normalized spacial score (nSPS) is 13.3. The average Bonchev–Trinajstić information content (AvgIpc) is 2.59. The number of fused-ring (bicyclic) bond motifs is 1. The first-order valence-electron chi connectivity index (χ1n) is 5.08. The van der Waals surface area contributed by atoms with Gasteiger partial charge in [-0.05, 0) is 24.6 Å². The lowest BCUT2D eigenvalue weighted by molar-refractivity contribution is 0.630. The Bertz CT molecular complexity index is 464. The maximum atomic E-state index is 5.89. The zero-order valence-electron chi connectivity index (χ0n) is 8.63. The van der Waals surface area contributed by atoms with Crippen molar-refractivity contribution in [3.8, 4) is 0 Å². The van der Waals surface area contributed by atoms with Crippen molar-refractivity contribution >= 4 is 22.6 Å². The molecule has 0 aliphatic heterocycles. The molecule has 1 unspecified atom stereocenters. The second-order valence-corrected chi connectivity index (χ2v) is 4.15. The maximum Gasteiger partial charge on any atom is 0.108 e. The summed E-state index contributed by atoms with van der Waals surface area (Å²) in [5.74, 6) is 0.932. The molecule has 0 saturated heterocycles. The maximum absolute atomic E-state index is 5.89. The van der Waals surface area contributed by atoms with Gasteiger partial charge in [0.15, 0.2) is 0 Å². The van der Waals surface area contributed by atoms with Crippen LogP contribution in [0.4, 0.5) is 0 Å². The van der Waals surface area contributed by atoms with Crippen LogP contribution in [-0.2, 0) is 6.42 Å². The summed E-state index contributed by atoms with van der Waals surface area (Å²) in [4.78, 5) is 7.67. The number of imidazole rings is 1. The van der Waals surface area contributed by atoms with Crippen molar-refractivity contribution in [1.29, 1.82) is 0 Å². The summed E-state index contributed by atoms with van der Waals surface area (Å²) in [5, 5.41) is 0.720. The summed E-state index contributed by atoms with van der Waals surface area (Å²) in [6, 6.07) is 5.80. The number of nitrogens with two attached hydrogens (primary N) is 1. The molecular weight excluding hydrogens is 210 g/mol. The van der Waals surface area contributed by atoms with Gasteiger partial charge in [0.1, 0.15) is 5.82 Å². The van der Waals surface area contributed by atoms with Crippen molar-refractivity contribution in [2.45, 2.75) is 25.8 Å². The summed E-state index contributed by atoms with van der Waals surface area (Å²) < 4.78 is 0. The summed E-state index contributed by atoms with van der Waals surface area (Å²) in [6.45, 7) is 2.07. The first-order valence-corrected chi connectivity index (χ1v) is 5.46. The number of aromatic amines is 1. The Balaban J connectivity index is 2.30. The van der Waals surface area contributed by atoms with E-state index in [0.717, 1.165) is 34.7 Å². The molecule has 0 saturated carbocycles. The standard InChI is InChI=1S/C11H14ClN3/c1-2-8(13)6-11-14-9-4-3-7(12)5-10(9)15-11/h3-5,8H,2,6,13H2,1H3,(H,14,15). The van der Waals surface area contributed by atoms with E-state index < -0.39 is 0 Å². The SMILES string of the molecule is CCC(N)Cc1nc2ccc(Cl)cc2[nH]1. The molecule has 1 aromatic heterocycles. The van der Waals surface area contributed by atoms with E-state index in [1.165, 1.54) is 0 Å². The molecule has 3 N–H and O–H groups in total. The lowest BCUT2D eigenvalue weighted by atomic mass is 10.2. The molecule has 0 spiro atoms. The van der Waals surface area contributed by atoms with E-state index >= 15 is 0 Å². The van der Waals surface area contributed by atoms with Gasteiger partial charge in [-0.2, -0.15) is 0 Å². The lowest BCUT2D eigenvalue weighted by Crippen LogP contribution is -2.21. The minimum absolute atomic E-state index is 0.168. The van der Waals surface area contributed by atoms with E-state index in [9.17, 15) is 0 Å². The van der Waals surface area contributed by atoms with Crippen molar-refractivity contribution in [1.82, 2.24) is 9.97 Å². The largest absolute Gasteiger partial charge is 0.342 e. The molecule has 1 aromatic carbocycles. The Morgan fingerprint density at radius 2 is 2.33 bits per heavy atom. The van der Waals surface area contributed by atoms with Crippen molar-refractivity contribution in [3.63, 3.8) is 0 Å². The van der Waals surface area contributed by atoms with Gasteiger partial charge < -0.3 is 10.7 Å². The Morgan fingerprint density at radius 3 is 3.07 bits per heavy atom. The number of nitrogens with zero attached hydrogens (tertiary/aromatic N) is 1. The van der Waals surface area contributed by atoms with Crippen LogP contribution in [0.5, 0.6) is 0 Å². The molecule has 0 radical (unpaired) electrons. The van der Waals surface area contributed by atoms with E-state index in [2.05, 4.69) is 16.9 Å². The molecule has 1 atom stereocenters. The number of nitrogens with one attached hydrogen (secondary N) is 1. The second-order valence-electron chi connectivity index (χ2n) is 3.72. The van der Waals surface area contributed by atoms with Crippen LogP contribution < -0.4 is 5.73 Å². The predicted molar refractivity (Wildman–Crippen MR) is 63.1 cm³/mol. The van der Waals surface area contributed by atoms with Crippen molar-refractivity contribution in [3.05, 3.63) is 29.0 Å². The summed E-state index contributed by atoms with van der Waals surface area (Å²) in [5.41, 5.74) is 7.79. The number of aromatic nitrogens is 2. The third-order valence-electron chi connectivity index (χ3n) is 2.47. The molecule has 0 amide bonds. The lowest BCUT2D eigenvalue weighted by Gasteiger charge is -2.04. The Hall–Kier alpha value is -1.06. The molecule has 80 valence electrons. The topological polar surface area (TPSA) is 54.7 Å². The summed E-state index contributed by atoms with van der Waals surface area (Å²) >= 11 is 5.89. The third-order valence-corrected chi connectivity index (χ3v) is 2.71. The molecule has 15 heavy (non-hydrogen) atoms. The van der Waals surface area contributed by atoms with Gasteiger partial charge >= 0.3 is 0 Å². The van der Waals surface area contributed by atoms with E-state index in [-0.39, 0.29) is 6.04 Å². The molecule has 0 bridgehead atoms. The first-order chi connectivity index (χ1) is 7.19. The highest BCUT2D eigenvalue weighted by molar-refractivity contribution is 6.31. The molecule has 0 aliphatic rings. The van der Waals surface area contributed by atoms with Crippen molar-refractivity contribution in [2.24, 2.45) is 5.73 Å². The Kier molecular flexibility index (Phi) is 2.93. The zero-order chi connectivity index (χ0) is 10.8. The van der Waals surface area contributed by atoms with Crippen LogP contribution >= 0.6 is 11.6 Å². The van der Waals surface area contributed by atoms with Crippen LogP contribution in [0.25, 0.3) is 11.0 Å². The van der Waals surface area contributed by atoms with E-state index in [1.54, 1.807) is 0 Å². The van der Waals surface area contributed by atoms with Crippen molar-refractivity contribution in [2.75, 3.05) is 0 Å². The van der Waals surface area contributed by atoms with Gasteiger partial charge in [-0.25, -0.2) is 4.98 Å². The number of hydrogen-bond acceptors (Lipinski definition) is 2. The molecular formula is C11H14ClN3. The number of benzene rings is 1. The highest BCUT2D eigenvalue weighted by Gasteiger charge is 2.06. The molecule has 1 heterocycles. The minimum Gasteiger partial charge on any atom is -0.342 e. The quantitative estimate of drug-likeness (QED) is 0.840. The Morgan fingerprint density at radius 1 is 1.53 bits per heavy atom. The molecule has 2 rings (SSSR count). The predicted octanol–water partition coefficient (Wildman–Crippen LogP) is 2.50. The molecule has 0 aliphatic carbocycles. The second kappa shape index (κ2) is 4.21. The van der Waals surface area contributed by atoms with Gasteiger partial charge in [-0.15, -0.1) is 0 Å². The van der Waals surface area contributed by atoms with Gasteiger partial charge in [-0.1, -0.05) is 18.5 Å².